The van der Waals surface area contributed by atoms with E-state index in [1.54, 1.807) is 13.3 Å². The van der Waals surface area contributed by atoms with Crippen LogP contribution < -0.4 is 15.8 Å². The van der Waals surface area contributed by atoms with Crippen LogP contribution in [0.5, 0.6) is 5.75 Å². The molecule has 0 spiro atoms. The molecule has 0 aliphatic rings. The molecule has 3 N–H and O–H groups in total. The number of likely N-dealkylation sites (N-methyl/N-ethyl adjacent to an activating group) is 1. The van der Waals surface area contributed by atoms with Crippen LogP contribution >= 0.6 is 0 Å². The number of nitrogens with zero attached hydrogens (tertiary/aromatic N) is 1. The van der Waals surface area contributed by atoms with E-state index in [0.29, 0.717) is 11.6 Å². The standard InChI is InChI=1S/C10H15N3O/c1-12-5-3-4-8-6-9(14-2)10(11)13-7-8/h3-4,6-7,12H,5H2,1-2H3,(H2,11,13). The van der Waals surface area contributed by atoms with Crippen LogP contribution in [-0.2, 0) is 0 Å². The van der Waals surface area contributed by atoms with Crippen LogP contribution in [0.2, 0.25) is 0 Å². The molecule has 0 radical (unpaired) electrons. The fourth-order valence-electron chi connectivity index (χ4n) is 1.04. The number of rotatable bonds is 4. The largest absolute Gasteiger partial charge is 0.493 e. The summed E-state index contributed by atoms with van der Waals surface area (Å²) in [5, 5.41) is 3.01. The number of hydrogen-bond acceptors (Lipinski definition) is 4. The smallest absolute Gasteiger partial charge is 0.166 e. The SMILES string of the molecule is CNCC=Cc1cnc(N)c(OC)c1. The van der Waals surface area contributed by atoms with Gasteiger partial charge in [0.2, 0.25) is 0 Å². The summed E-state index contributed by atoms with van der Waals surface area (Å²) in [5.41, 5.74) is 6.56. The number of aromatic nitrogens is 1. The molecule has 1 rings (SSSR count). The third-order valence-electron chi connectivity index (χ3n) is 1.76. The maximum absolute atomic E-state index is 5.58. The summed E-state index contributed by atoms with van der Waals surface area (Å²) in [7, 11) is 3.47. The van der Waals surface area contributed by atoms with Gasteiger partial charge < -0.3 is 15.8 Å². The lowest BCUT2D eigenvalue weighted by Gasteiger charge is -2.03. The van der Waals surface area contributed by atoms with Crippen molar-refractivity contribution in [1.29, 1.82) is 0 Å². The van der Waals surface area contributed by atoms with E-state index < -0.39 is 0 Å². The molecule has 4 nitrogen and oxygen atoms in total. The first kappa shape index (κ1) is 10.5. The van der Waals surface area contributed by atoms with Gasteiger partial charge in [-0.1, -0.05) is 12.2 Å². The minimum atomic E-state index is 0.415. The van der Waals surface area contributed by atoms with Crippen molar-refractivity contribution in [2.45, 2.75) is 0 Å². The molecular formula is C10H15N3O. The monoisotopic (exact) mass is 193 g/mol. The fraction of sp³-hybridized carbons (Fsp3) is 0.300. The number of nitrogens with two attached hydrogens (primary N) is 1. The minimum Gasteiger partial charge on any atom is -0.493 e. The zero-order valence-electron chi connectivity index (χ0n) is 8.45. The molecule has 0 bridgehead atoms. The van der Waals surface area contributed by atoms with Gasteiger partial charge in [0.05, 0.1) is 7.11 Å². The molecule has 0 aliphatic carbocycles. The molecule has 0 aromatic carbocycles. The van der Waals surface area contributed by atoms with E-state index in [4.69, 9.17) is 10.5 Å². The van der Waals surface area contributed by atoms with E-state index in [0.717, 1.165) is 12.1 Å². The highest BCUT2D eigenvalue weighted by atomic mass is 16.5. The summed E-state index contributed by atoms with van der Waals surface area (Å²) >= 11 is 0. The fourth-order valence-corrected chi connectivity index (χ4v) is 1.04. The van der Waals surface area contributed by atoms with Gasteiger partial charge in [0.25, 0.3) is 0 Å². The Labute approximate surface area is 83.8 Å². The summed E-state index contributed by atoms with van der Waals surface area (Å²) in [6, 6.07) is 1.86. The average Bonchev–Trinajstić information content (AvgIpc) is 2.21. The van der Waals surface area contributed by atoms with Crippen LogP contribution in [0.25, 0.3) is 6.08 Å². The molecule has 1 aromatic rings. The summed E-state index contributed by atoms with van der Waals surface area (Å²) in [5.74, 6) is 1.02. The summed E-state index contributed by atoms with van der Waals surface area (Å²) in [6.07, 6.45) is 5.68. The first-order valence-electron chi connectivity index (χ1n) is 4.38. The van der Waals surface area contributed by atoms with Crippen LogP contribution in [0.3, 0.4) is 0 Å². The van der Waals surface area contributed by atoms with Gasteiger partial charge in [-0.05, 0) is 18.7 Å². The van der Waals surface area contributed by atoms with E-state index in [1.807, 2.05) is 25.3 Å². The van der Waals surface area contributed by atoms with Gasteiger partial charge in [-0.15, -0.1) is 0 Å². The van der Waals surface area contributed by atoms with Gasteiger partial charge in [0.15, 0.2) is 11.6 Å². The highest BCUT2D eigenvalue weighted by Crippen LogP contribution is 2.19. The summed E-state index contributed by atoms with van der Waals surface area (Å²) in [6.45, 7) is 0.826. The van der Waals surface area contributed by atoms with Crippen LogP contribution in [0.4, 0.5) is 5.82 Å². The number of methoxy groups -OCH3 is 1. The summed E-state index contributed by atoms with van der Waals surface area (Å²) in [4.78, 5) is 4.01. The summed E-state index contributed by atoms with van der Waals surface area (Å²) < 4.78 is 5.05. The molecular weight excluding hydrogens is 178 g/mol. The topological polar surface area (TPSA) is 60.2 Å². The van der Waals surface area contributed by atoms with E-state index in [9.17, 15) is 0 Å². The number of nitrogens with one attached hydrogen (secondary N) is 1. The Hall–Kier alpha value is -1.55. The van der Waals surface area contributed by atoms with E-state index in [1.165, 1.54) is 0 Å². The number of ether oxygens (including phenoxy) is 1. The Morgan fingerprint density at radius 1 is 1.64 bits per heavy atom. The number of anilines is 1. The minimum absolute atomic E-state index is 0.415. The third kappa shape index (κ3) is 2.74. The first-order chi connectivity index (χ1) is 6.77. The Morgan fingerprint density at radius 2 is 2.43 bits per heavy atom. The van der Waals surface area contributed by atoms with Gasteiger partial charge in [-0.25, -0.2) is 4.98 Å². The first-order valence-corrected chi connectivity index (χ1v) is 4.38. The quantitative estimate of drug-likeness (QED) is 0.746. The lowest BCUT2D eigenvalue weighted by molar-refractivity contribution is 0.415. The van der Waals surface area contributed by atoms with Gasteiger partial charge in [-0.2, -0.15) is 0 Å². The van der Waals surface area contributed by atoms with Crippen molar-refractivity contribution in [3.8, 4) is 5.75 Å². The normalized spacial score (nSPS) is 10.7. The third-order valence-corrected chi connectivity index (χ3v) is 1.76. The highest BCUT2D eigenvalue weighted by molar-refractivity contribution is 5.56. The number of pyridine rings is 1. The van der Waals surface area contributed by atoms with Gasteiger partial charge in [-0.3, -0.25) is 0 Å². The lowest BCUT2D eigenvalue weighted by Crippen LogP contribution is -2.03. The zero-order valence-corrected chi connectivity index (χ0v) is 8.45. The maximum atomic E-state index is 5.58. The molecule has 0 amide bonds. The highest BCUT2D eigenvalue weighted by Gasteiger charge is 1.99. The maximum Gasteiger partial charge on any atom is 0.166 e. The Bertz CT molecular complexity index is 323. The van der Waals surface area contributed by atoms with Crippen molar-refractivity contribution in [3.63, 3.8) is 0 Å². The zero-order chi connectivity index (χ0) is 10.4. The number of nitrogen functional groups attached to an aromatic ring is 1. The molecule has 1 heterocycles. The van der Waals surface area contributed by atoms with Crippen molar-refractivity contribution < 1.29 is 4.74 Å². The van der Waals surface area contributed by atoms with Gasteiger partial charge in [0.1, 0.15) is 0 Å². The van der Waals surface area contributed by atoms with Crippen molar-refractivity contribution >= 4 is 11.9 Å². The molecule has 0 saturated carbocycles. The van der Waals surface area contributed by atoms with E-state index in [-0.39, 0.29) is 0 Å². The van der Waals surface area contributed by atoms with Crippen LogP contribution in [0, 0.1) is 0 Å². The van der Waals surface area contributed by atoms with Crippen LogP contribution in [0.15, 0.2) is 18.3 Å². The second-order valence-electron chi connectivity index (χ2n) is 2.82. The molecule has 0 fully saturated rings. The van der Waals surface area contributed by atoms with E-state index in [2.05, 4.69) is 10.3 Å². The predicted octanol–water partition coefficient (Wildman–Crippen LogP) is 0.905. The van der Waals surface area contributed by atoms with Crippen LogP contribution in [-0.4, -0.2) is 25.7 Å². The average molecular weight is 193 g/mol. The molecule has 0 atom stereocenters. The van der Waals surface area contributed by atoms with E-state index >= 15 is 0 Å². The van der Waals surface area contributed by atoms with Crippen LogP contribution in [0.1, 0.15) is 5.56 Å². The Kier molecular flexibility index (Phi) is 3.94. The molecule has 4 heteroatoms. The van der Waals surface area contributed by atoms with Crippen molar-refractivity contribution in [2.75, 3.05) is 26.4 Å². The molecule has 0 saturated heterocycles. The van der Waals surface area contributed by atoms with Crippen molar-refractivity contribution in [3.05, 3.63) is 23.9 Å². The van der Waals surface area contributed by atoms with Crippen molar-refractivity contribution in [1.82, 2.24) is 10.3 Å². The molecule has 14 heavy (non-hydrogen) atoms. The second-order valence-corrected chi connectivity index (χ2v) is 2.82. The number of hydrogen-bond donors (Lipinski definition) is 2. The van der Waals surface area contributed by atoms with Crippen molar-refractivity contribution in [2.24, 2.45) is 0 Å². The predicted molar refractivity (Wildman–Crippen MR) is 58.2 cm³/mol. The molecule has 0 unspecified atom stereocenters. The van der Waals surface area contributed by atoms with Gasteiger partial charge >= 0.3 is 0 Å². The second kappa shape index (κ2) is 5.24. The van der Waals surface area contributed by atoms with Gasteiger partial charge in [0, 0.05) is 12.7 Å². The molecule has 76 valence electrons. The molecule has 0 aliphatic heterocycles. The Morgan fingerprint density at radius 3 is 3.07 bits per heavy atom. The molecule has 1 aromatic heterocycles. The lowest BCUT2D eigenvalue weighted by atomic mass is 10.2. The Balaban J connectivity index is 2.79.